The number of carbonyl (C=O) groups excluding carboxylic acids is 1. The Hall–Kier alpha value is -1.63. The highest BCUT2D eigenvalue weighted by Gasteiger charge is 2.16. The number of rotatable bonds is 5. The number of carboxylic acids is 1. The van der Waals surface area contributed by atoms with Crippen LogP contribution in [0.2, 0.25) is 0 Å². The fraction of sp³-hybridized carbons (Fsp3) is 0.444. The zero-order valence-electron chi connectivity index (χ0n) is 9.01. The molecule has 1 rings (SSSR count). The van der Waals surface area contributed by atoms with Crippen LogP contribution in [0.5, 0.6) is 0 Å². The molecule has 1 heterocycles. The summed E-state index contributed by atoms with van der Waals surface area (Å²) in [4.78, 5) is 27.2. The molecular formula is C9H13N3O3S. The van der Waals surface area contributed by atoms with Gasteiger partial charge in [-0.05, 0) is 0 Å². The number of carboxylic acid groups (broad SMARTS) is 1. The smallest absolute Gasteiger partial charge is 0.308 e. The van der Waals surface area contributed by atoms with Gasteiger partial charge in [0, 0.05) is 19.0 Å². The van der Waals surface area contributed by atoms with E-state index in [-0.39, 0.29) is 5.69 Å². The molecular weight excluding hydrogens is 230 g/mol. The quantitative estimate of drug-likeness (QED) is 0.780. The lowest BCUT2D eigenvalue weighted by Crippen LogP contribution is -2.28. The van der Waals surface area contributed by atoms with Crippen molar-refractivity contribution in [2.45, 2.75) is 6.92 Å². The molecule has 0 fully saturated rings. The molecule has 0 aliphatic rings. The van der Waals surface area contributed by atoms with Crippen molar-refractivity contribution in [1.82, 2.24) is 4.98 Å². The second-order valence-corrected chi connectivity index (χ2v) is 4.34. The number of aliphatic carboxylic acids is 1. The third kappa shape index (κ3) is 2.93. The molecule has 7 heteroatoms. The van der Waals surface area contributed by atoms with Crippen LogP contribution in [0.3, 0.4) is 0 Å². The number of nitrogens with zero attached hydrogens (tertiary/aromatic N) is 2. The van der Waals surface area contributed by atoms with E-state index in [1.807, 2.05) is 0 Å². The van der Waals surface area contributed by atoms with Crippen LogP contribution < -0.4 is 10.6 Å². The molecule has 1 amide bonds. The minimum atomic E-state index is -0.862. The number of aromatic nitrogens is 1. The van der Waals surface area contributed by atoms with Gasteiger partial charge in [0.25, 0.3) is 5.91 Å². The Balaban J connectivity index is 2.69. The number of hydrogen-bond donors (Lipinski definition) is 2. The molecule has 0 aromatic carbocycles. The largest absolute Gasteiger partial charge is 0.481 e. The normalized spacial score (nSPS) is 12.1. The molecule has 0 saturated carbocycles. The number of primary amides is 1. The highest BCUT2D eigenvalue weighted by Crippen LogP contribution is 2.19. The van der Waals surface area contributed by atoms with Crippen molar-refractivity contribution in [2.24, 2.45) is 11.7 Å². The number of nitrogens with two attached hydrogens (primary N) is 1. The van der Waals surface area contributed by atoms with Crippen molar-refractivity contribution in [3.05, 3.63) is 11.1 Å². The average molecular weight is 243 g/mol. The predicted octanol–water partition coefficient (Wildman–Crippen LogP) is 0.399. The molecule has 0 spiro atoms. The minimum absolute atomic E-state index is 0.204. The number of amides is 1. The fourth-order valence-electron chi connectivity index (χ4n) is 1.12. The third-order valence-electron chi connectivity index (χ3n) is 2.04. The summed E-state index contributed by atoms with van der Waals surface area (Å²) in [5.74, 6) is -1.94. The van der Waals surface area contributed by atoms with Gasteiger partial charge in [0.15, 0.2) is 5.13 Å². The van der Waals surface area contributed by atoms with Gasteiger partial charge in [-0.25, -0.2) is 4.98 Å². The van der Waals surface area contributed by atoms with Crippen molar-refractivity contribution >= 4 is 28.3 Å². The van der Waals surface area contributed by atoms with E-state index < -0.39 is 17.8 Å². The first kappa shape index (κ1) is 12.4. The van der Waals surface area contributed by atoms with Gasteiger partial charge in [-0.3, -0.25) is 9.59 Å². The van der Waals surface area contributed by atoms with E-state index in [0.29, 0.717) is 11.7 Å². The molecule has 16 heavy (non-hydrogen) atoms. The molecule has 1 atom stereocenters. The maximum atomic E-state index is 10.8. The Bertz CT molecular complexity index is 404. The van der Waals surface area contributed by atoms with Gasteiger partial charge in [0.05, 0.1) is 5.92 Å². The van der Waals surface area contributed by atoms with Crippen molar-refractivity contribution in [1.29, 1.82) is 0 Å². The molecule has 1 aromatic heterocycles. The number of hydrogen-bond acceptors (Lipinski definition) is 5. The zero-order chi connectivity index (χ0) is 12.3. The Morgan fingerprint density at radius 3 is 2.75 bits per heavy atom. The Kier molecular flexibility index (Phi) is 3.83. The van der Waals surface area contributed by atoms with Crippen molar-refractivity contribution in [2.75, 3.05) is 18.5 Å². The second kappa shape index (κ2) is 4.93. The second-order valence-electron chi connectivity index (χ2n) is 3.50. The van der Waals surface area contributed by atoms with Crippen LogP contribution in [0.1, 0.15) is 17.4 Å². The van der Waals surface area contributed by atoms with Crippen molar-refractivity contribution in [3.8, 4) is 0 Å². The van der Waals surface area contributed by atoms with E-state index in [0.717, 1.165) is 0 Å². The molecule has 0 saturated heterocycles. The first-order chi connectivity index (χ1) is 7.41. The van der Waals surface area contributed by atoms with E-state index in [1.165, 1.54) is 11.3 Å². The van der Waals surface area contributed by atoms with E-state index in [9.17, 15) is 9.59 Å². The standard InChI is InChI=1S/C9H13N3O3S/c1-5(8(14)15)3-12(2)9-11-6(4-16-9)7(10)13/h4-5H,3H2,1-2H3,(H2,10,13)(H,14,15). The number of anilines is 1. The Morgan fingerprint density at radius 2 is 2.31 bits per heavy atom. The molecule has 6 nitrogen and oxygen atoms in total. The van der Waals surface area contributed by atoms with Crippen LogP contribution in [0.25, 0.3) is 0 Å². The van der Waals surface area contributed by atoms with Gasteiger partial charge in [-0.2, -0.15) is 0 Å². The summed E-state index contributed by atoms with van der Waals surface area (Å²) in [5.41, 5.74) is 5.27. The number of thiazole rings is 1. The Labute approximate surface area is 96.7 Å². The summed E-state index contributed by atoms with van der Waals surface area (Å²) < 4.78 is 0. The van der Waals surface area contributed by atoms with Crippen LogP contribution in [-0.4, -0.2) is 35.6 Å². The molecule has 1 aromatic rings. The van der Waals surface area contributed by atoms with E-state index in [4.69, 9.17) is 10.8 Å². The van der Waals surface area contributed by atoms with Crippen LogP contribution in [-0.2, 0) is 4.79 Å². The lowest BCUT2D eigenvalue weighted by atomic mass is 10.2. The molecule has 0 bridgehead atoms. The van der Waals surface area contributed by atoms with Gasteiger partial charge >= 0.3 is 5.97 Å². The third-order valence-corrected chi connectivity index (χ3v) is 3.00. The Morgan fingerprint density at radius 1 is 1.69 bits per heavy atom. The SMILES string of the molecule is CC(CN(C)c1nc(C(N)=O)cs1)C(=O)O. The minimum Gasteiger partial charge on any atom is -0.481 e. The van der Waals surface area contributed by atoms with Crippen molar-refractivity contribution < 1.29 is 14.7 Å². The first-order valence-electron chi connectivity index (χ1n) is 4.61. The van der Waals surface area contributed by atoms with E-state index >= 15 is 0 Å². The summed E-state index contributed by atoms with van der Waals surface area (Å²) in [6.45, 7) is 1.95. The fourth-order valence-corrected chi connectivity index (χ4v) is 1.91. The summed E-state index contributed by atoms with van der Waals surface area (Å²) in [5, 5.41) is 10.9. The first-order valence-corrected chi connectivity index (χ1v) is 5.49. The van der Waals surface area contributed by atoms with Gasteiger partial charge in [0.2, 0.25) is 0 Å². The predicted molar refractivity (Wildman–Crippen MR) is 60.7 cm³/mol. The topological polar surface area (TPSA) is 96.5 Å². The van der Waals surface area contributed by atoms with Gasteiger partial charge in [-0.15, -0.1) is 11.3 Å². The van der Waals surface area contributed by atoms with Crippen LogP contribution in [0, 0.1) is 5.92 Å². The molecule has 1 unspecified atom stereocenters. The maximum absolute atomic E-state index is 10.8. The number of carbonyl (C=O) groups is 2. The summed E-state index contributed by atoms with van der Waals surface area (Å²) in [6, 6.07) is 0. The van der Waals surface area contributed by atoms with Gasteiger partial charge < -0.3 is 15.7 Å². The summed E-state index contributed by atoms with van der Waals surface area (Å²) in [6.07, 6.45) is 0. The molecule has 3 N–H and O–H groups in total. The monoisotopic (exact) mass is 243 g/mol. The molecule has 0 aliphatic heterocycles. The highest BCUT2D eigenvalue weighted by molar-refractivity contribution is 7.13. The van der Waals surface area contributed by atoms with Crippen LogP contribution in [0.15, 0.2) is 5.38 Å². The molecule has 88 valence electrons. The average Bonchev–Trinajstić information content (AvgIpc) is 2.65. The van der Waals surface area contributed by atoms with E-state index in [2.05, 4.69) is 4.98 Å². The highest BCUT2D eigenvalue weighted by atomic mass is 32.1. The lowest BCUT2D eigenvalue weighted by molar-refractivity contribution is -0.140. The molecule has 0 aliphatic carbocycles. The summed E-state index contributed by atoms with van der Waals surface area (Å²) in [7, 11) is 1.73. The zero-order valence-corrected chi connectivity index (χ0v) is 9.82. The van der Waals surface area contributed by atoms with Crippen LogP contribution in [0.4, 0.5) is 5.13 Å². The van der Waals surface area contributed by atoms with Gasteiger partial charge in [0.1, 0.15) is 5.69 Å². The van der Waals surface area contributed by atoms with Crippen molar-refractivity contribution in [3.63, 3.8) is 0 Å². The summed E-state index contributed by atoms with van der Waals surface area (Å²) >= 11 is 1.26. The molecule has 0 radical (unpaired) electrons. The lowest BCUT2D eigenvalue weighted by Gasteiger charge is -2.17. The van der Waals surface area contributed by atoms with Gasteiger partial charge in [-0.1, -0.05) is 6.92 Å². The van der Waals surface area contributed by atoms with E-state index in [1.54, 1.807) is 24.3 Å². The maximum Gasteiger partial charge on any atom is 0.308 e. The van der Waals surface area contributed by atoms with Crippen LogP contribution >= 0.6 is 11.3 Å².